The summed E-state index contributed by atoms with van der Waals surface area (Å²) in [5.74, 6) is 0.392. The maximum Gasteiger partial charge on any atom is 0.247 e. The lowest BCUT2D eigenvalue weighted by molar-refractivity contribution is -0.116. The van der Waals surface area contributed by atoms with Crippen LogP contribution < -0.4 is 5.32 Å². The summed E-state index contributed by atoms with van der Waals surface area (Å²) >= 11 is 0. The highest BCUT2D eigenvalue weighted by Gasteiger charge is 2.09. The number of nitrogens with zero attached hydrogens (tertiary/aromatic N) is 2. The van der Waals surface area contributed by atoms with E-state index in [0.29, 0.717) is 24.4 Å². The summed E-state index contributed by atoms with van der Waals surface area (Å²) in [6.45, 7) is 0. The Bertz CT molecular complexity index is 1010. The van der Waals surface area contributed by atoms with Crippen molar-refractivity contribution in [3.8, 4) is 11.5 Å². The van der Waals surface area contributed by atoms with Crippen LogP contribution in [0, 0.1) is 0 Å². The summed E-state index contributed by atoms with van der Waals surface area (Å²) in [6.07, 6.45) is 4.34. The normalized spacial score (nSPS) is 10.9. The molecule has 0 unspecified atom stereocenters. The van der Waals surface area contributed by atoms with Crippen molar-refractivity contribution < 1.29 is 9.21 Å². The number of hydrogen-bond donors (Lipinski definition) is 2. The molecule has 0 aliphatic rings. The van der Waals surface area contributed by atoms with E-state index in [1.807, 2.05) is 48.7 Å². The minimum absolute atomic E-state index is 0.0343. The van der Waals surface area contributed by atoms with E-state index in [0.717, 1.165) is 22.0 Å². The fourth-order valence-electron chi connectivity index (χ4n) is 2.84. The van der Waals surface area contributed by atoms with Crippen LogP contribution in [0.1, 0.15) is 12.0 Å². The van der Waals surface area contributed by atoms with Crippen molar-refractivity contribution in [1.29, 1.82) is 0 Å². The summed E-state index contributed by atoms with van der Waals surface area (Å²) in [6, 6.07) is 15.4. The Hall–Kier alpha value is -3.41. The van der Waals surface area contributed by atoms with Crippen molar-refractivity contribution in [1.82, 2.24) is 15.2 Å². The molecule has 2 aromatic carbocycles. The zero-order chi connectivity index (χ0) is 17.1. The standard InChI is InChI=1S/C19H16N4O2/c24-18(9-8-14-11-20-17-7-2-1-6-16(14)17)22-15-5-3-4-13(10-15)19-23-21-12-25-19/h1-7,10-12,20H,8-9H2,(H,22,24). The van der Waals surface area contributed by atoms with E-state index < -0.39 is 0 Å². The van der Waals surface area contributed by atoms with E-state index in [4.69, 9.17) is 4.42 Å². The van der Waals surface area contributed by atoms with Crippen LogP contribution in [-0.4, -0.2) is 21.1 Å². The minimum atomic E-state index is -0.0343. The number of H-pyrrole nitrogens is 1. The van der Waals surface area contributed by atoms with E-state index in [2.05, 4.69) is 26.6 Å². The van der Waals surface area contributed by atoms with Crippen molar-refractivity contribution in [2.24, 2.45) is 0 Å². The van der Waals surface area contributed by atoms with Crippen LogP contribution in [0.3, 0.4) is 0 Å². The first-order valence-electron chi connectivity index (χ1n) is 8.01. The fourth-order valence-corrected chi connectivity index (χ4v) is 2.84. The monoisotopic (exact) mass is 332 g/mol. The number of carbonyl (C=O) groups is 1. The molecular formula is C19H16N4O2. The minimum Gasteiger partial charge on any atom is -0.423 e. The molecule has 0 saturated heterocycles. The number of para-hydroxylation sites is 1. The van der Waals surface area contributed by atoms with Crippen LogP contribution in [0.25, 0.3) is 22.4 Å². The molecule has 2 aromatic heterocycles. The third-order valence-electron chi connectivity index (χ3n) is 4.05. The van der Waals surface area contributed by atoms with Crippen LogP contribution in [-0.2, 0) is 11.2 Å². The molecule has 0 aliphatic carbocycles. The van der Waals surface area contributed by atoms with Gasteiger partial charge in [-0.3, -0.25) is 4.79 Å². The smallest absolute Gasteiger partial charge is 0.247 e. The van der Waals surface area contributed by atoms with Gasteiger partial charge in [-0.2, -0.15) is 0 Å². The second-order valence-electron chi connectivity index (χ2n) is 5.73. The average molecular weight is 332 g/mol. The highest BCUT2D eigenvalue weighted by molar-refractivity contribution is 5.92. The van der Waals surface area contributed by atoms with E-state index in [1.54, 1.807) is 0 Å². The van der Waals surface area contributed by atoms with Gasteiger partial charge in [0.25, 0.3) is 0 Å². The number of fused-ring (bicyclic) bond motifs is 1. The summed E-state index contributed by atoms with van der Waals surface area (Å²) < 4.78 is 5.18. The maximum atomic E-state index is 12.3. The first-order chi connectivity index (χ1) is 12.3. The van der Waals surface area contributed by atoms with Crippen LogP contribution in [0.15, 0.2) is 65.5 Å². The molecule has 0 aliphatic heterocycles. The van der Waals surface area contributed by atoms with Crippen LogP contribution in [0.4, 0.5) is 5.69 Å². The zero-order valence-corrected chi connectivity index (χ0v) is 13.4. The van der Waals surface area contributed by atoms with Gasteiger partial charge in [0, 0.05) is 34.8 Å². The van der Waals surface area contributed by atoms with Gasteiger partial charge in [-0.05, 0) is 36.2 Å². The van der Waals surface area contributed by atoms with Crippen molar-refractivity contribution in [2.45, 2.75) is 12.8 Å². The Morgan fingerprint density at radius 2 is 2.08 bits per heavy atom. The zero-order valence-electron chi connectivity index (χ0n) is 13.4. The van der Waals surface area contributed by atoms with E-state index in [9.17, 15) is 4.79 Å². The van der Waals surface area contributed by atoms with Gasteiger partial charge in [0.15, 0.2) is 0 Å². The highest BCUT2D eigenvalue weighted by Crippen LogP contribution is 2.21. The summed E-state index contributed by atoms with van der Waals surface area (Å²) in [4.78, 5) is 15.5. The average Bonchev–Trinajstić information content (AvgIpc) is 3.30. The maximum absolute atomic E-state index is 12.3. The lowest BCUT2D eigenvalue weighted by Gasteiger charge is -2.06. The predicted molar refractivity (Wildman–Crippen MR) is 95.0 cm³/mol. The molecule has 1 amide bonds. The molecule has 124 valence electrons. The third-order valence-corrected chi connectivity index (χ3v) is 4.05. The number of aromatic amines is 1. The van der Waals surface area contributed by atoms with Gasteiger partial charge in [-0.25, -0.2) is 0 Å². The number of benzene rings is 2. The predicted octanol–water partition coefficient (Wildman–Crippen LogP) is 3.79. The van der Waals surface area contributed by atoms with Crippen molar-refractivity contribution in [3.63, 3.8) is 0 Å². The van der Waals surface area contributed by atoms with Gasteiger partial charge in [0.1, 0.15) is 0 Å². The molecule has 4 aromatic rings. The third kappa shape index (κ3) is 3.28. The Morgan fingerprint density at radius 1 is 1.16 bits per heavy atom. The molecule has 4 rings (SSSR count). The number of anilines is 1. The first-order valence-corrected chi connectivity index (χ1v) is 8.01. The Balaban J connectivity index is 1.42. The summed E-state index contributed by atoms with van der Waals surface area (Å²) in [7, 11) is 0. The molecular weight excluding hydrogens is 316 g/mol. The molecule has 0 saturated carbocycles. The molecule has 6 heteroatoms. The van der Waals surface area contributed by atoms with E-state index in [-0.39, 0.29) is 5.91 Å². The van der Waals surface area contributed by atoms with Gasteiger partial charge < -0.3 is 14.7 Å². The van der Waals surface area contributed by atoms with Gasteiger partial charge in [-0.15, -0.1) is 10.2 Å². The van der Waals surface area contributed by atoms with Gasteiger partial charge >= 0.3 is 0 Å². The van der Waals surface area contributed by atoms with Crippen LogP contribution in [0.2, 0.25) is 0 Å². The van der Waals surface area contributed by atoms with Gasteiger partial charge in [0.2, 0.25) is 18.2 Å². The molecule has 0 spiro atoms. The second kappa shape index (κ2) is 6.60. The highest BCUT2D eigenvalue weighted by atomic mass is 16.4. The number of aromatic nitrogens is 3. The number of aryl methyl sites for hydroxylation is 1. The quantitative estimate of drug-likeness (QED) is 0.582. The number of nitrogens with one attached hydrogen (secondary N) is 2. The molecule has 2 heterocycles. The first kappa shape index (κ1) is 15.1. The number of carbonyl (C=O) groups excluding carboxylic acids is 1. The van der Waals surface area contributed by atoms with Crippen LogP contribution in [0.5, 0.6) is 0 Å². The summed E-state index contributed by atoms with van der Waals surface area (Å²) in [5.41, 5.74) is 3.71. The van der Waals surface area contributed by atoms with E-state index >= 15 is 0 Å². The number of rotatable bonds is 5. The molecule has 0 radical (unpaired) electrons. The largest absolute Gasteiger partial charge is 0.423 e. The summed E-state index contributed by atoms with van der Waals surface area (Å²) in [5, 5.41) is 11.6. The molecule has 0 bridgehead atoms. The number of amides is 1. The van der Waals surface area contributed by atoms with Crippen molar-refractivity contribution >= 4 is 22.5 Å². The Morgan fingerprint density at radius 3 is 2.96 bits per heavy atom. The fraction of sp³-hybridized carbons (Fsp3) is 0.105. The van der Waals surface area contributed by atoms with E-state index in [1.165, 1.54) is 6.39 Å². The molecule has 0 fully saturated rings. The SMILES string of the molecule is O=C(CCc1c[nH]c2ccccc12)Nc1cccc(-c2nnco2)c1. The lowest BCUT2D eigenvalue weighted by atomic mass is 10.1. The van der Waals surface area contributed by atoms with Crippen LogP contribution >= 0.6 is 0 Å². The van der Waals surface area contributed by atoms with Crippen molar-refractivity contribution in [3.05, 3.63) is 66.7 Å². The van der Waals surface area contributed by atoms with Gasteiger partial charge in [-0.1, -0.05) is 24.3 Å². The van der Waals surface area contributed by atoms with Gasteiger partial charge in [0.05, 0.1) is 0 Å². The topological polar surface area (TPSA) is 83.8 Å². The van der Waals surface area contributed by atoms with Crippen molar-refractivity contribution in [2.75, 3.05) is 5.32 Å². The molecule has 25 heavy (non-hydrogen) atoms. The Labute approximate surface area is 143 Å². The molecule has 6 nitrogen and oxygen atoms in total. The molecule has 2 N–H and O–H groups in total. The lowest BCUT2D eigenvalue weighted by Crippen LogP contribution is -2.12. The Kier molecular flexibility index (Phi) is 4.00. The second-order valence-corrected chi connectivity index (χ2v) is 5.73. The number of hydrogen-bond acceptors (Lipinski definition) is 4. The molecule has 0 atom stereocenters.